The minimum absolute atomic E-state index is 0.146. The van der Waals surface area contributed by atoms with Crippen molar-refractivity contribution in [2.24, 2.45) is 0 Å². The van der Waals surface area contributed by atoms with Crippen molar-refractivity contribution in [1.82, 2.24) is 10.3 Å². The van der Waals surface area contributed by atoms with E-state index < -0.39 is 0 Å². The average molecular weight is 425 g/mol. The molecule has 1 N–H and O–H groups in total. The first-order valence-electron chi connectivity index (χ1n) is 8.53. The molecule has 3 aromatic heterocycles. The van der Waals surface area contributed by atoms with Crippen LogP contribution in [0.15, 0.2) is 68.2 Å². The summed E-state index contributed by atoms with van der Waals surface area (Å²) in [4.78, 5) is 17.2. The first kappa shape index (κ1) is 17.7. The van der Waals surface area contributed by atoms with Crippen molar-refractivity contribution in [3.8, 4) is 0 Å². The molecule has 0 unspecified atom stereocenters. The van der Waals surface area contributed by atoms with Gasteiger partial charge in [0.1, 0.15) is 5.76 Å². The minimum atomic E-state index is -0.146. The first-order valence-corrected chi connectivity index (χ1v) is 9.32. The lowest BCUT2D eigenvalue weighted by atomic mass is 10.1. The van der Waals surface area contributed by atoms with Gasteiger partial charge in [-0.2, -0.15) is 0 Å². The molecule has 6 heteroatoms. The standard InChI is InChI=1S/C21H17BrN2O3/c1-13-21-18(15(11-24-13)10-23-12-17-3-2-8-26-17)9-19(27-21)20(25)14-4-6-16(22)7-5-14/h2-9,11,23H,10,12H2,1H3. The van der Waals surface area contributed by atoms with Gasteiger partial charge < -0.3 is 14.2 Å². The zero-order valence-corrected chi connectivity index (χ0v) is 16.2. The van der Waals surface area contributed by atoms with Crippen LogP contribution in [-0.2, 0) is 13.1 Å². The molecule has 4 rings (SSSR count). The molecule has 0 saturated heterocycles. The van der Waals surface area contributed by atoms with Gasteiger partial charge in [0.15, 0.2) is 11.3 Å². The highest BCUT2D eigenvalue weighted by Gasteiger charge is 2.18. The Morgan fingerprint density at radius 3 is 2.74 bits per heavy atom. The van der Waals surface area contributed by atoms with Gasteiger partial charge in [0, 0.05) is 28.2 Å². The molecular weight excluding hydrogens is 408 g/mol. The predicted molar refractivity (Wildman–Crippen MR) is 106 cm³/mol. The van der Waals surface area contributed by atoms with Gasteiger partial charge in [0.2, 0.25) is 5.78 Å². The number of aryl methyl sites for hydroxylation is 1. The lowest BCUT2D eigenvalue weighted by Gasteiger charge is -2.05. The molecule has 0 amide bonds. The molecule has 136 valence electrons. The molecule has 4 aromatic rings. The van der Waals surface area contributed by atoms with Crippen molar-refractivity contribution >= 4 is 32.7 Å². The molecule has 3 heterocycles. The molecule has 0 saturated carbocycles. The summed E-state index contributed by atoms with van der Waals surface area (Å²) in [6.45, 7) is 3.08. The van der Waals surface area contributed by atoms with Gasteiger partial charge in [0.25, 0.3) is 0 Å². The number of fused-ring (bicyclic) bond motifs is 1. The van der Waals surface area contributed by atoms with E-state index in [2.05, 4.69) is 26.2 Å². The van der Waals surface area contributed by atoms with E-state index in [4.69, 9.17) is 8.83 Å². The van der Waals surface area contributed by atoms with Gasteiger partial charge >= 0.3 is 0 Å². The topological polar surface area (TPSA) is 68.3 Å². The molecule has 5 nitrogen and oxygen atoms in total. The Bertz CT molecular complexity index is 1080. The second-order valence-electron chi connectivity index (χ2n) is 6.24. The maximum atomic E-state index is 12.8. The number of aromatic nitrogens is 1. The van der Waals surface area contributed by atoms with E-state index in [1.54, 1.807) is 24.5 Å². The summed E-state index contributed by atoms with van der Waals surface area (Å²) in [7, 11) is 0. The fraction of sp³-hybridized carbons (Fsp3) is 0.143. The minimum Gasteiger partial charge on any atom is -0.468 e. The average Bonchev–Trinajstić information content (AvgIpc) is 3.34. The number of rotatable bonds is 6. The molecule has 0 aliphatic heterocycles. The molecule has 0 aliphatic carbocycles. The largest absolute Gasteiger partial charge is 0.468 e. The third-order valence-electron chi connectivity index (χ3n) is 4.35. The zero-order valence-electron chi connectivity index (χ0n) is 14.7. The maximum Gasteiger partial charge on any atom is 0.228 e. The molecule has 27 heavy (non-hydrogen) atoms. The molecule has 0 aliphatic rings. The highest BCUT2D eigenvalue weighted by molar-refractivity contribution is 9.10. The second kappa shape index (κ2) is 7.50. The van der Waals surface area contributed by atoms with E-state index in [-0.39, 0.29) is 5.78 Å². The van der Waals surface area contributed by atoms with E-state index >= 15 is 0 Å². The summed E-state index contributed by atoms with van der Waals surface area (Å²) in [5.41, 5.74) is 2.96. The van der Waals surface area contributed by atoms with Crippen LogP contribution in [0.25, 0.3) is 11.0 Å². The number of hydrogen-bond donors (Lipinski definition) is 1. The van der Waals surface area contributed by atoms with Crippen LogP contribution in [-0.4, -0.2) is 10.8 Å². The number of nitrogens with one attached hydrogen (secondary N) is 1. The summed E-state index contributed by atoms with van der Waals surface area (Å²) in [6.07, 6.45) is 3.47. The van der Waals surface area contributed by atoms with Gasteiger partial charge in [-0.3, -0.25) is 9.78 Å². The molecular formula is C21H17BrN2O3. The normalized spacial score (nSPS) is 11.2. The van der Waals surface area contributed by atoms with Crippen molar-refractivity contribution in [1.29, 1.82) is 0 Å². The maximum absolute atomic E-state index is 12.8. The van der Waals surface area contributed by atoms with Crippen LogP contribution >= 0.6 is 15.9 Å². The lowest BCUT2D eigenvalue weighted by Crippen LogP contribution is -2.12. The Balaban J connectivity index is 1.61. The Labute approximate surface area is 164 Å². The summed E-state index contributed by atoms with van der Waals surface area (Å²) < 4.78 is 12.1. The van der Waals surface area contributed by atoms with Gasteiger partial charge in [-0.15, -0.1) is 0 Å². The Hall–Kier alpha value is -2.70. The van der Waals surface area contributed by atoms with E-state index in [1.807, 2.05) is 37.4 Å². The number of pyridine rings is 1. The molecule has 0 radical (unpaired) electrons. The monoisotopic (exact) mass is 424 g/mol. The second-order valence-corrected chi connectivity index (χ2v) is 7.16. The van der Waals surface area contributed by atoms with Crippen molar-refractivity contribution < 1.29 is 13.6 Å². The number of hydrogen-bond acceptors (Lipinski definition) is 5. The number of carbonyl (C=O) groups is 1. The Kier molecular flexibility index (Phi) is 4.92. The number of furan rings is 2. The van der Waals surface area contributed by atoms with E-state index in [0.717, 1.165) is 26.9 Å². The van der Waals surface area contributed by atoms with Crippen LogP contribution in [0.5, 0.6) is 0 Å². The summed E-state index contributed by atoms with van der Waals surface area (Å²) >= 11 is 3.38. The highest BCUT2D eigenvalue weighted by Crippen LogP contribution is 2.27. The third-order valence-corrected chi connectivity index (χ3v) is 4.87. The first-order chi connectivity index (χ1) is 13.1. The van der Waals surface area contributed by atoms with Crippen LogP contribution in [0, 0.1) is 6.92 Å². The van der Waals surface area contributed by atoms with Crippen molar-refractivity contribution in [3.63, 3.8) is 0 Å². The van der Waals surface area contributed by atoms with Crippen LogP contribution in [0.3, 0.4) is 0 Å². The van der Waals surface area contributed by atoms with Crippen LogP contribution < -0.4 is 5.32 Å². The number of halogens is 1. The van der Waals surface area contributed by atoms with Gasteiger partial charge in [0.05, 0.1) is 18.5 Å². The summed E-state index contributed by atoms with van der Waals surface area (Å²) in [6, 6.07) is 12.8. The zero-order chi connectivity index (χ0) is 18.8. The molecule has 0 bridgehead atoms. The van der Waals surface area contributed by atoms with Gasteiger partial charge in [-0.1, -0.05) is 15.9 Å². The molecule has 0 spiro atoms. The number of nitrogens with zero attached hydrogens (tertiary/aromatic N) is 1. The molecule has 0 atom stereocenters. The molecule has 0 fully saturated rings. The highest BCUT2D eigenvalue weighted by atomic mass is 79.9. The molecule has 1 aromatic carbocycles. The number of ketones is 1. The lowest BCUT2D eigenvalue weighted by molar-refractivity contribution is 0.101. The SMILES string of the molecule is Cc1ncc(CNCc2ccco2)c2cc(C(=O)c3ccc(Br)cc3)oc12. The Morgan fingerprint density at radius 2 is 2.00 bits per heavy atom. The predicted octanol–water partition coefficient (Wildman–Crippen LogP) is 5.01. The van der Waals surface area contributed by atoms with Crippen LogP contribution in [0.2, 0.25) is 0 Å². The van der Waals surface area contributed by atoms with E-state index in [9.17, 15) is 4.79 Å². The van der Waals surface area contributed by atoms with Crippen molar-refractivity contribution in [2.75, 3.05) is 0 Å². The third kappa shape index (κ3) is 3.72. The van der Waals surface area contributed by atoms with Gasteiger partial charge in [-0.05, 0) is 55.0 Å². The summed E-state index contributed by atoms with van der Waals surface area (Å²) in [5.74, 6) is 1.04. The van der Waals surface area contributed by atoms with E-state index in [0.29, 0.717) is 30.0 Å². The smallest absolute Gasteiger partial charge is 0.228 e. The fourth-order valence-electron chi connectivity index (χ4n) is 2.93. The Morgan fingerprint density at radius 1 is 1.19 bits per heavy atom. The van der Waals surface area contributed by atoms with Crippen LogP contribution in [0.1, 0.15) is 33.1 Å². The number of benzene rings is 1. The van der Waals surface area contributed by atoms with E-state index in [1.165, 1.54) is 0 Å². The number of carbonyl (C=O) groups excluding carboxylic acids is 1. The van der Waals surface area contributed by atoms with Gasteiger partial charge in [-0.25, -0.2) is 0 Å². The fourth-order valence-corrected chi connectivity index (χ4v) is 3.20. The quantitative estimate of drug-likeness (QED) is 0.440. The van der Waals surface area contributed by atoms with Crippen LogP contribution in [0.4, 0.5) is 0 Å². The van der Waals surface area contributed by atoms with Crippen molar-refractivity contribution in [3.05, 3.63) is 87.7 Å². The van der Waals surface area contributed by atoms with Crippen molar-refractivity contribution in [2.45, 2.75) is 20.0 Å². The summed E-state index contributed by atoms with van der Waals surface area (Å²) in [5, 5.41) is 4.22.